The third kappa shape index (κ3) is 19.2. The molecule has 1 aromatic rings. The van der Waals surface area contributed by atoms with Gasteiger partial charge < -0.3 is 37.3 Å². The predicted octanol–water partition coefficient (Wildman–Crippen LogP) is 15.3. The Bertz CT molecular complexity index is 1800. The number of esters is 2. The van der Waals surface area contributed by atoms with Crippen LogP contribution >= 0.6 is 0 Å². The first-order valence-electron chi connectivity index (χ1n) is 27.9. The second kappa shape index (κ2) is 33.4. The van der Waals surface area contributed by atoms with Crippen LogP contribution in [-0.4, -0.2) is 100.0 Å². The van der Waals surface area contributed by atoms with E-state index in [0.717, 1.165) is 66.8 Å². The Morgan fingerprint density at radius 2 is 1.19 bits per heavy atom. The molecule has 1 aromatic carbocycles. The van der Waals surface area contributed by atoms with Crippen LogP contribution in [0.25, 0.3) is 0 Å². The zero-order chi connectivity index (χ0) is 55.0. The van der Waals surface area contributed by atoms with E-state index in [1.807, 2.05) is 51.1 Å². The number of aliphatic hydroxyl groups is 1. The van der Waals surface area contributed by atoms with Gasteiger partial charge in [0, 0.05) is 24.9 Å². The molecule has 0 aliphatic carbocycles. The van der Waals surface area contributed by atoms with Gasteiger partial charge in [0.25, 0.3) is 0 Å². The number of ether oxygens (including phenoxy) is 4. The van der Waals surface area contributed by atoms with Crippen molar-refractivity contribution in [1.29, 1.82) is 0 Å². The van der Waals surface area contributed by atoms with Gasteiger partial charge >= 0.3 is 11.9 Å². The first kappa shape index (κ1) is 67.4. The normalized spacial score (nSPS) is 18.2. The molecule has 0 spiro atoms. The highest BCUT2D eigenvalue weighted by Gasteiger charge is 2.46. The second-order valence-corrected chi connectivity index (χ2v) is 35.6. The SMILES string of the molecule is CC[C@@H]([C@@H](O[Si](CC)(CC)CC)[C@H](C)C/C(C)=C/C=C/[C@H](OC)[C@H](O)[C@@H](C)[C@@H](O[Si](CC)(CC)C(C)C)[C@H](C)[C@@H](C)OC(=O)c1ccccc1)[C@H](O[Si](CC)(CC)CC)[C@H](C)/C=C(C)/C=C(\OC)C(=O)OC. The maximum absolute atomic E-state index is 13.2. The molecule has 1 N–H and O–H groups in total. The van der Waals surface area contributed by atoms with E-state index >= 15 is 0 Å². The van der Waals surface area contributed by atoms with Crippen LogP contribution in [-0.2, 0) is 37.0 Å². The highest BCUT2D eigenvalue weighted by molar-refractivity contribution is 6.75. The van der Waals surface area contributed by atoms with Crippen molar-refractivity contribution in [3.63, 3.8) is 0 Å². The maximum Gasteiger partial charge on any atom is 0.373 e. The number of benzene rings is 1. The molecule has 0 fully saturated rings. The number of rotatable bonds is 36. The summed E-state index contributed by atoms with van der Waals surface area (Å²) >= 11 is 0. The molecule has 72 heavy (non-hydrogen) atoms. The smallest absolute Gasteiger partial charge is 0.373 e. The lowest BCUT2D eigenvalue weighted by Gasteiger charge is -2.46. The molecule has 0 unspecified atom stereocenters. The van der Waals surface area contributed by atoms with Crippen LogP contribution in [0.1, 0.15) is 148 Å². The Morgan fingerprint density at radius 3 is 1.64 bits per heavy atom. The summed E-state index contributed by atoms with van der Waals surface area (Å²) in [6.45, 7) is 39.9. The van der Waals surface area contributed by atoms with Gasteiger partial charge in [-0.3, -0.25) is 0 Å². The molecule has 414 valence electrons. The average molecular weight is 1060 g/mol. The van der Waals surface area contributed by atoms with Gasteiger partial charge in [0.2, 0.25) is 5.76 Å². The predicted molar refractivity (Wildman–Crippen MR) is 308 cm³/mol. The fourth-order valence-corrected chi connectivity index (χ4v) is 20.5. The van der Waals surface area contributed by atoms with Crippen LogP contribution in [0.3, 0.4) is 0 Å². The number of carbonyl (C=O) groups excluding carboxylic acids is 2. The molecule has 0 aromatic heterocycles. The third-order valence-corrected chi connectivity index (χ3v) is 31.2. The first-order chi connectivity index (χ1) is 34.0. The molecule has 0 amide bonds. The van der Waals surface area contributed by atoms with Crippen molar-refractivity contribution in [2.45, 2.75) is 228 Å². The summed E-state index contributed by atoms with van der Waals surface area (Å²) in [5, 5.41) is 12.2. The molecule has 11 atom stereocenters. The number of methoxy groups -OCH3 is 3. The van der Waals surface area contributed by atoms with Crippen LogP contribution in [0, 0.1) is 29.6 Å². The fraction of sp³-hybridized carbons (Fsp3) is 0.729. The largest absolute Gasteiger partial charge is 0.490 e. The molecule has 0 saturated carbocycles. The van der Waals surface area contributed by atoms with E-state index in [4.69, 9.17) is 32.2 Å². The second-order valence-electron chi connectivity index (χ2n) is 21.2. The van der Waals surface area contributed by atoms with Gasteiger partial charge in [-0.25, -0.2) is 9.59 Å². The lowest BCUT2D eigenvalue weighted by molar-refractivity contribution is -0.139. The number of hydrogen-bond acceptors (Lipinski definition) is 10. The van der Waals surface area contributed by atoms with Gasteiger partial charge in [-0.1, -0.05) is 158 Å². The number of allylic oxidation sites excluding steroid dienone is 5. The summed E-state index contributed by atoms with van der Waals surface area (Å²) in [6.07, 6.45) is 9.33. The van der Waals surface area contributed by atoms with E-state index in [1.54, 1.807) is 25.3 Å². The molecular formula is C59H106O10Si3. The standard InChI is InChI=1S/C59H106O10Si3/c1-22-51(56(68-71(26-5,27-6)28-7)46(15)40-44(13)41-53(64-20)59(62)65-21)55(67-70(23-2,24-3)25-4)45(14)39-43(12)35-34-38-52(63-19)54(60)48(17)57(69-72(29-8,30-9)42(10)11)47(16)49(18)66-58(61)50-36-32-31-33-37-50/h31-38,40-42,45-49,51-52,54-57,60H,22-30,39H2,1-21H3/b38-34+,43-35+,44-40+,53-41-/t45-,46-,47-,48-,49-,51+,52+,54-,55+,56-,57+/m1/s1. The minimum Gasteiger partial charge on any atom is -0.490 e. The third-order valence-electron chi connectivity index (χ3n) is 16.7. The van der Waals surface area contributed by atoms with Crippen molar-refractivity contribution in [1.82, 2.24) is 0 Å². The van der Waals surface area contributed by atoms with Crippen LogP contribution in [0.15, 0.2) is 77.6 Å². The Labute approximate surface area is 443 Å². The quantitative estimate of drug-likeness (QED) is 0.0229. The molecule has 1 rings (SSSR count). The van der Waals surface area contributed by atoms with E-state index in [9.17, 15) is 14.7 Å². The number of carbonyl (C=O) groups is 2. The van der Waals surface area contributed by atoms with E-state index in [0.29, 0.717) is 11.1 Å². The molecule has 13 heteroatoms. The van der Waals surface area contributed by atoms with E-state index in [1.165, 1.54) is 19.8 Å². The summed E-state index contributed by atoms with van der Waals surface area (Å²) in [7, 11) is -1.97. The summed E-state index contributed by atoms with van der Waals surface area (Å²) < 4.78 is 45.2. The molecule has 0 aliphatic rings. The lowest BCUT2D eigenvalue weighted by Crippen LogP contribution is -2.52. The van der Waals surface area contributed by atoms with Gasteiger partial charge in [-0.15, -0.1) is 0 Å². The molecule has 0 bridgehead atoms. The summed E-state index contributed by atoms with van der Waals surface area (Å²) in [5.41, 5.74) is 2.99. The zero-order valence-corrected chi connectivity index (χ0v) is 52.4. The average Bonchev–Trinajstić information content (AvgIpc) is 3.38. The van der Waals surface area contributed by atoms with Crippen molar-refractivity contribution in [3.8, 4) is 0 Å². The highest BCUT2D eigenvalue weighted by Crippen LogP contribution is 2.41. The van der Waals surface area contributed by atoms with E-state index in [-0.39, 0.29) is 59.6 Å². The van der Waals surface area contributed by atoms with Crippen molar-refractivity contribution >= 4 is 36.9 Å². The minimum absolute atomic E-state index is 0.0191. The summed E-state index contributed by atoms with van der Waals surface area (Å²) in [6, 6.07) is 17.2. The van der Waals surface area contributed by atoms with E-state index < -0.39 is 49.2 Å². The van der Waals surface area contributed by atoms with Crippen LogP contribution < -0.4 is 0 Å². The topological polar surface area (TPSA) is 119 Å². The Hall–Kier alpha value is -2.63. The molecule has 0 heterocycles. The van der Waals surface area contributed by atoms with Crippen molar-refractivity contribution in [2.24, 2.45) is 29.6 Å². The van der Waals surface area contributed by atoms with Crippen molar-refractivity contribution in [3.05, 3.63) is 83.2 Å². The summed E-state index contributed by atoms with van der Waals surface area (Å²) in [4.78, 5) is 25.7. The lowest BCUT2D eigenvalue weighted by atomic mass is 9.79. The number of aliphatic hydroxyl groups excluding tert-OH is 1. The monoisotopic (exact) mass is 1060 g/mol. The van der Waals surface area contributed by atoms with Gasteiger partial charge in [0.05, 0.1) is 44.2 Å². The van der Waals surface area contributed by atoms with Crippen LogP contribution in [0.4, 0.5) is 0 Å². The number of hydrogen-bond donors (Lipinski definition) is 1. The van der Waals surface area contributed by atoms with Gasteiger partial charge in [0.1, 0.15) is 12.2 Å². The van der Waals surface area contributed by atoms with Crippen LogP contribution in [0.2, 0.25) is 53.9 Å². The van der Waals surface area contributed by atoms with Crippen molar-refractivity contribution in [2.75, 3.05) is 21.3 Å². The van der Waals surface area contributed by atoms with Gasteiger partial charge in [0.15, 0.2) is 25.0 Å². The zero-order valence-electron chi connectivity index (χ0n) is 49.4. The highest BCUT2D eigenvalue weighted by atomic mass is 28.4. The summed E-state index contributed by atoms with van der Waals surface area (Å²) in [5.74, 6) is -0.969. The Morgan fingerprint density at radius 1 is 0.667 bits per heavy atom. The molecule has 0 radical (unpaired) electrons. The molecule has 0 aliphatic heterocycles. The van der Waals surface area contributed by atoms with E-state index in [2.05, 4.69) is 116 Å². The minimum atomic E-state index is -2.26. The Balaban J connectivity index is 3.80. The Kier molecular flexibility index (Phi) is 31.3. The fourth-order valence-electron chi connectivity index (χ4n) is 10.9. The molecule has 0 saturated heterocycles. The first-order valence-corrected chi connectivity index (χ1v) is 35.3. The maximum atomic E-state index is 13.2. The van der Waals surface area contributed by atoms with Gasteiger partial charge in [-0.05, 0) is 118 Å². The molecule has 10 nitrogen and oxygen atoms in total. The molecular weight excluding hydrogens is 953 g/mol. The van der Waals surface area contributed by atoms with Crippen LogP contribution in [0.5, 0.6) is 0 Å². The van der Waals surface area contributed by atoms with Gasteiger partial charge in [-0.2, -0.15) is 0 Å². The van der Waals surface area contributed by atoms with Crippen molar-refractivity contribution < 1.29 is 46.9 Å².